The highest BCUT2D eigenvalue weighted by Crippen LogP contribution is 2.17. The van der Waals surface area contributed by atoms with Crippen LogP contribution in [0.25, 0.3) is 0 Å². The third-order valence-electron chi connectivity index (χ3n) is 3.64. The van der Waals surface area contributed by atoms with E-state index in [9.17, 15) is 0 Å². The largest absolute Gasteiger partial charge is 0.361 e. The van der Waals surface area contributed by atoms with Crippen LogP contribution in [0, 0.1) is 5.92 Å². The van der Waals surface area contributed by atoms with Crippen molar-refractivity contribution in [2.75, 3.05) is 0 Å². The fourth-order valence-electron chi connectivity index (χ4n) is 2.67. The van der Waals surface area contributed by atoms with Crippen LogP contribution in [0.3, 0.4) is 0 Å². The van der Waals surface area contributed by atoms with Gasteiger partial charge in [-0.2, -0.15) is 0 Å². The van der Waals surface area contributed by atoms with Crippen LogP contribution in [0.1, 0.15) is 63.8 Å². The van der Waals surface area contributed by atoms with Gasteiger partial charge < -0.3 is 9.84 Å². The summed E-state index contributed by atoms with van der Waals surface area (Å²) in [6.07, 6.45) is 9.16. The van der Waals surface area contributed by atoms with Gasteiger partial charge >= 0.3 is 0 Å². The molecule has 18 heavy (non-hydrogen) atoms. The monoisotopic (exact) mass is 250 g/mol. The van der Waals surface area contributed by atoms with Gasteiger partial charge in [0.1, 0.15) is 5.76 Å². The molecule has 102 valence electrons. The number of hydrogen-bond donors (Lipinski definition) is 1. The van der Waals surface area contributed by atoms with Crippen molar-refractivity contribution >= 4 is 0 Å². The van der Waals surface area contributed by atoms with Gasteiger partial charge in [-0.25, -0.2) is 0 Å². The van der Waals surface area contributed by atoms with E-state index in [0.717, 1.165) is 24.4 Å². The Morgan fingerprint density at radius 1 is 1.28 bits per heavy atom. The SMILES string of the molecule is CC(C)Cc1cc(CNC2CCCCCC2)no1. The lowest BCUT2D eigenvalue weighted by atomic mass is 10.1. The predicted octanol–water partition coefficient (Wildman–Crippen LogP) is 3.69. The molecule has 1 fully saturated rings. The summed E-state index contributed by atoms with van der Waals surface area (Å²) >= 11 is 0. The third-order valence-corrected chi connectivity index (χ3v) is 3.64. The standard InChI is InChI=1S/C15H26N2O/c1-12(2)9-15-10-14(17-18-15)11-16-13-7-5-3-4-6-8-13/h10,12-13,16H,3-9,11H2,1-2H3. The van der Waals surface area contributed by atoms with Crippen LogP contribution in [0.5, 0.6) is 0 Å². The van der Waals surface area contributed by atoms with Crippen LogP contribution in [0.4, 0.5) is 0 Å². The molecular formula is C15H26N2O. The van der Waals surface area contributed by atoms with Crippen molar-refractivity contribution in [3.8, 4) is 0 Å². The Kier molecular flexibility index (Phi) is 5.24. The minimum atomic E-state index is 0.626. The van der Waals surface area contributed by atoms with Crippen LogP contribution in [-0.2, 0) is 13.0 Å². The van der Waals surface area contributed by atoms with E-state index >= 15 is 0 Å². The van der Waals surface area contributed by atoms with Gasteiger partial charge in [-0.15, -0.1) is 0 Å². The van der Waals surface area contributed by atoms with Gasteiger partial charge in [-0.05, 0) is 18.8 Å². The second kappa shape index (κ2) is 6.93. The van der Waals surface area contributed by atoms with Crippen LogP contribution in [-0.4, -0.2) is 11.2 Å². The van der Waals surface area contributed by atoms with E-state index in [4.69, 9.17) is 4.52 Å². The molecule has 0 bridgehead atoms. The summed E-state index contributed by atoms with van der Waals surface area (Å²) in [5.74, 6) is 1.64. The molecule has 3 nitrogen and oxygen atoms in total. The first kappa shape index (κ1) is 13.6. The van der Waals surface area contributed by atoms with E-state index in [1.165, 1.54) is 38.5 Å². The molecule has 3 heteroatoms. The highest BCUT2D eigenvalue weighted by Gasteiger charge is 2.12. The Hall–Kier alpha value is -0.830. The molecule has 0 spiro atoms. The average molecular weight is 250 g/mol. The number of aromatic nitrogens is 1. The molecular weight excluding hydrogens is 224 g/mol. The molecule has 1 heterocycles. The molecule has 2 rings (SSSR count). The Bertz CT molecular complexity index is 338. The summed E-state index contributed by atoms with van der Waals surface area (Å²) in [7, 11) is 0. The molecule has 1 N–H and O–H groups in total. The molecule has 1 aliphatic rings. The Labute approximate surface area is 110 Å². The van der Waals surface area contributed by atoms with E-state index in [1.54, 1.807) is 0 Å². The lowest BCUT2D eigenvalue weighted by Crippen LogP contribution is -2.27. The summed E-state index contributed by atoms with van der Waals surface area (Å²) in [5.41, 5.74) is 1.05. The minimum Gasteiger partial charge on any atom is -0.361 e. The molecule has 0 atom stereocenters. The van der Waals surface area contributed by atoms with E-state index in [2.05, 4.69) is 30.4 Å². The zero-order valence-corrected chi connectivity index (χ0v) is 11.7. The van der Waals surface area contributed by atoms with Gasteiger partial charge in [-0.3, -0.25) is 0 Å². The van der Waals surface area contributed by atoms with Crippen molar-refractivity contribution in [3.63, 3.8) is 0 Å². The Morgan fingerprint density at radius 3 is 2.67 bits per heavy atom. The van der Waals surface area contributed by atoms with E-state index in [1.807, 2.05) is 0 Å². The highest BCUT2D eigenvalue weighted by molar-refractivity contribution is 5.05. The van der Waals surface area contributed by atoms with Crippen molar-refractivity contribution in [3.05, 3.63) is 17.5 Å². The van der Waals surface area contributed by atoms with Crippen molar-refractivity contribution < 1.29 is 4.52 Å². The van der Waals surface area contributed by atoms with Crippen LogP contribution in [0.2, 0.25) is 0 Å². The fraction of sp³-hybridized carbons (Fsp3) is 0.800. The lowest BCUT2D eigenvalue weighted by Gasteiger charge is -2.14. The van der Waals surface area contributed by atoms with Crippen LogP contribution in [0.15, 0.2) is 10.6 Å². The highest BCUT2D eigenvalue weighted by atomic mass is 16.5. The van der Waals surface area contributed by atoms with Gasteiger partial charge in [0.15, 0.2) is 0 Å². The van der Waals surface area contributed by atoms with Gasteiger partial charge in [0.25, 0.3) is 0 Å². The molecule has 0 aromatic carbocycles. The maximum atomic E-state index is 5.35. The van der Waals surface area contributed by atoms with Crippen molar-refractivity contribution in [1.29, 1.82) is 0 Å². The third kappa shape index (κ3) is 4.45. The molecule has 0 saturated heterocycles. The van der Waals surface area contributed by atoms with Gasteiger partial charge in [0, 0.05) is 25.1 Å². The summed E-state index contributed by atoms with van der Waals surface area (Å²) < 4.78 is 5.35. The van der Waals surface area contributed by atoms with Crippen molar-refractivity contribution in [2.24, 2.45) is 5.92 Å². The number of nitrogens with one attached hydrogen (secondary N) is 1. The normalized spacial score (nSPS) is 18.2. The zero-order chi connectivity index (χ0) is 12.8. The first-order valence-electron chi connectivity index (χ1n) is 7.42. The van der Waals surface area contributed by atoms with Crippen LogP contribution < -0.4 is 5.32 Å². The van der Waals surface area contributed by atoms with Crippen molar-refractivity contribution in [2.45, 2.75) is 71.4 Å². The van der Waals surface area contributed by atoms with Gasteiger partial charge in [-0.1, -0.05) is 44.7 Å². The Morgan fingerprint density at radius 2 is 2.00 bits per heavy atom. The predicted molar refractivity (Wildman–Crippen MR) is 73.4 cm³/mol. The number of hydrogen-bond acceptors (Lipinski definition) is 3. The second-order valence-corrected chi connectivity index (χ2v) is 5.95. The number of nitrogens with zero attached hydrogens (tertiary/aromatic N) is 1. The molecule has 1 aliphatic carbocycles. The van der Waals surface area contributed by atoms with Crippen LogP contribution >= 0.6 is 0 Å². The first-order chi connectivity index (χ1) is 8.74. The number of rotatable bonds is 5. The van der Waals surface area contributed by atoms with E-state index < -0.39 is 0 Å². The quantitative estimate of drug-likeness (QED) is 0.810. The molecule has 1 aromatic rings. The molecule has 0 aliphatic heterocycles. The summed E-state index contributed by atoms with van der Waals surface area (Å²) in [5, 5.41) is 7.76. The second-order valence-electron chi connectivity index (χ2n) is 5.95. The summed E-state index contributed by atoms with van der Waals surface area (Å²) in [4.78, 5) is 0. The molecule has 0 amide bonds. The molecule has 1 aromatic heterocycles. The topological polar surface area (TPSA) is 38.1 Å². The van der Waals surface area contributed by atoms with Gasteiger partial charge in [0.05, 0.1) is 5.69 Å². The van der Waals surface area contributed by atoms with E-state index in [-0.39, 0.29) is 0 Å². The van der Waals surface area contributed by atoms with Crippen molar-refractivity contribution in [1.82, 2.24) is 10.5 Å². The maximum absolute atomic E-state index is 5.35. The smallest absolute Gasteiger partial charge is 0.137 e. The summed E-state index contributed by atoms with van der Waals surface area (Å²) in [6.45, 7) is 5.25. The first-order valence-corrected chi connectivity index (χ1v) is 7.42. The molecule has 1 saturated carbocycles. The van der Waals surface area contributed by atoms with E-state index in [0.29, 0.717) is 12.0 Å². The minimum absolute atomic E-state index is 0.626. The summed E-state index contributed by atoms with van der Waals surface area (Å²) in [6, 6.07) is 2.78. The Balaban J connectivity index is 1.76. The maximum Gasteiger partial charge on any atom is 0.137 e. The average Bonchev–Trinajstić information content (AvgIpc) is 2.61. The molecule has 0 unspecified atom stereocenters. The fourth-order valence-corrected chi connectivity index (χ4v) is 2.67. The lowest BCUT2D eigenvalue weighted by molar-refractivity contribution is 0.359. The zero-order valence-electron chi connectivity index (χ0n) is 11.7. The van der Waals surface area contributed by atoms with Gasteiger partial charge in [0.2, 0.25) is 0 Å². The molecule has 0 radical (unpaired) electrons.